The van der Waals surface area contributed by atoms with Crippen LogP contribution in [0.4, 0.5) is 5.69 Å². The molecule has 4 nitrogen and oxygen atoms in total. The van der Waals surface area contributed by atoms with Crippen LogP contribution in [0.1, 0.15) is 42.4 Å². The summed E-state index contributed by atoms with van der Waals surface area (Å²) in [6, 6.07) is 13.7. The zero-order chi connectivity index (χ0) is 19.2. The van der Waals surface area contributed by atoms with Crippen molar-refractivity contribution in [3.8, 4) is 11.5 Å². The van der Waals surface area contributed by atoms with Gasteiger partial charge in [-0.25, -0.2) is 0 Å². The lowest BCUT2D eigenvalue weighted by atomic mass is 10.1. The molecule has 1 amide bonds. The number of thiophene rings is 1. The van der Waals surface area contributed by atoms with Gasteiger partial charge in [0.1, 0.15) is 0 Å². The van der Waals surface area contributed by atoms with Crippen LogP contribution in [-0.4, -0.2) is 19.1 Å². The molecule has 0 saturated carbocycles. The fraction of sp³-hybridized carbons (Fsp3) is 0.318. The average Bonchev–Trinajstić information content (AvgIpc) is 3.03. The molecule has 3 rings (SSSR count). The molecule has 0 spiro atoms. The standard InChI is InChI=1S/C22H25NO3S/c1-4-9-17-16-10-7-8-11-20(16)27-21(17)22(24)23-15-12-13-18(25-5-2)19(14-15)26-6-3/h7-8,10-14H,4-6,9H2,1-3H3,(H,23,24). The lowest BCUT2D eigenvalue weighted by Crippen LogP contribution is -2.12. The van der Waals surface area contributed by atoms with Crippen molar-refractivity contribution < 1.29 is 14.3 Å². The summed E-state index contributed by atoms with van der Waals surface area (Å²) in [5.74, 6) is 1.25. The molecule has 3 aromatic rings. The van der Waals surface area contributed by atoms with E-state index in [-0.39, 0.29) is 5.91 Å². The smallest absolute Gasteiger partial charge is 0.266 e. The molecule has 1 aromatic heterocycles. The summed E-state index contributed by atoms with van der Waals surface area (Å²) >= 11 is 1.55. The fourth-order valence-corrected chi connectivity index (χ4v) is 4.24. The number of anilines is 1. The maximum Gasteiger partial charge on any atom is 0.266 e. The topological polar surface area (TPSA) is 47.6 Å². The molecule has 0 bridgehead atoms. The Morgan fingerprint density at radius 3 is 2.48 bits per heavy atom. The highest BCUT2D eigenvalue weighted by Crippen LogP contribution is 2.34. The quantitative estimate of drug-likeness (QED) is 0.526. The van der Waals surface area contributed by atoms with Crippen molar-refractivity contribution in [1.82, 2.24) is 0 Å². The highest BCUT2D eigenvalue weighted by atomic mass is 32.1. The number of fused-ring (bicyclic) bond motifs is 1. The monoisotopic (exact) mass is 383 g/mol. The van der Waals surface area contributed by atoms with E-state index in [1.165, 1.54) is 5.39 Å². The van der Waals surface area contributed by atoms with Gasteiger partial charge >= 0.3 is 0 Å². The molecular formula is C22H25NO3S. The highest BCUT2D eigenvalue weighted by Gasteiger charge is 2.18. The Hall–Kier alpha value is -2.53. The first-order valence-electron chi connectivity index (χ1n) is 9.39. The van der Waals surface area contributed by atoms with Crippen molar-refractivity contribution in [3.05, 3.63) is 52.9 Å². The predicted molar refractivity (Wildman–Crippen MR) is 113 cm³/mol. The molecule has 142 valence electrons. The van der Waals surface area contributed by atoms with Crippen LogP contribution in [0.2, 0.25) is 0 Å². The van der Waals surface area contributed by atoms with Gasteiger partial charge < -0.3 is 14.8 Å². The summed E-state index contributed by atoms with van der Waals surface area (Å²) in [6.45, 7) is 7.09. The third-order valence-corrected chi connectivity index (χ3v) is 5.42. The molecule has 0 aliphatic carbocycles. The number of ether oxygens (including phenoxy) is 2. The van der Waals surface area contributed by atoms with Gasteiger partial charge in [0.25, 0.3) is 5.91 Å². The van der Waals surface area contributed by atoms with E-state index < -0.39 is 0 Å². The Morgan fingerprint density at radius 2 is 1.74 bits per heavy atom. The van der Waals surface area contributed by atoms with Gasteiger partial charge in [0.05, 0.1) is 18.1 Å². The third-order valence-electron chi connectivity index (χ3n) is 4.21. The lowest BCUT2D eigenvalue weighted by Gasteiger charge is -2.13. The predicted octanol–water partition coefficient (Wildman–Crippen LogP) is 5.90. The van der Waals surface area contributed by atoms with Crippen molar-refractivity contribution in [3.63, 3.8) is 0 Å². The van der Waals surface area contributed by atoms with Crippen molar-refractivity contribution in [2.75, 3.05) is 18.5 Å². The Morgan fingerprint density at radius 1 is 1.00 bits per heavy atom. The minimum atomic E-state index is -0.0775. The number of carbonyl (C=O) groups excluding carboxylic acids is 1. The van der Waals surface area contributed by atoms with Crippen LogP contribution in [0.5, 0.6) is 11.5 Å². The Labute approximate surface area is 164 Å². The van der Waals surface area contributed by atoms with E-state index in [1.807, 2.05) is 44.2 Å². The van der Waals surface area contributed by atoms with E-state index in [2.05, 4.69) is 24.4 Å². The second kappa shape index (κ2) is 8.91. The zero-order valence-electron chi connectivity index (χ0n) is 16.0. The van der Waals surface area contributed by atoms with Crippen molar-refractivity contribution in [2.24, 2.45) is 0 Å². The number of carbonyl (C=O) groups is 1. The van der Waals surface area contributed by atoms with Crippen LogP contribution in [0.15, 0.2) is 42.5 Å². The molecule has 0 unspecified atom stereocenters. The van der Waals surface area contributed by atoms with Crippen LogP contribution in [-0.2, 0) is 6.42 Å². The van der Waals surface area contributed by atoms with Gasteiger partial charge in [0.15, 0.2) is 11.5 Å². The minimum absolute atomic E-state index is 0.0775. The Balaban J connectivity index is 1.90. The Kier molecular flexibility index (Phi) is 6.35. The van der Waals surface area contributed by atoms with Gasteiger partial charge in [-0.05, 0) is 49.4 Å². The molecule has 5 heteroatoms. The summed E-state index contributed by atoms with van der Waals surface area (Å²) in [6.07, 6.45) is 1.89. The Bertz CT molecular complexity index is 932. The van der Waals surface area contributed by atoms with E-state index in [0.29, 0.717) is 30.4 Å². The van der Waals surface area contributed by atoms with E-state index >= 15 is 0 Å². The van der Waals surface area contributed by atoms with Gasteiger partial charge in [-0.2, -0.15) is 0 Å². The molecule has 0 saturated heterocycles. The number of rotatable bonds is 8. The lowest BCUT2D eigenvalue weighted by molar-refractivity contribution is 0.103. The number of benzene rings is 2. The third kappa shape index (κ3) is 4.25. The maximum atomic E-state index is 13.0. The van der Waals surface area contributed by atoms with Crippen molar-refractivity contribution in [1.29, 1.82) is 0 Å². The van der Waals surface area contributed by atoms with Crippen LogP contribution >= 0.6 is 11.3 Å². The fourth-order valence-electron chi connectivity index (χ4n) is 3.10. The SMILES string of the molecule is CCCc1c(C(=O)Nc2ccc(OCC)c(OCC)c2)sc2ccccc12. The summed E-state index contributed by atoms with van der Waals surface area (Å²) in [7, 11) is 0. The van der Waals surface area contributed by atoms with Crippen molar-refractivity contribution >= 4 is 33.0 Å². The van der Waals surface area contributed by atoms with Crippen LogP contribution in [0.25, 0.3) is 10.1 Å². The highest BCUT2D eigenvalue weighted by molar-refractivity contribution is 7.21. The summed E-state index contributed by atoms with van der Waals surface area (Å²) in [4.78, 5) is 13.8. The van der Waals surface area contributed by atoms with E-state index in [1.54, 1.807) is 11.3 Å². The molecule has 1 heterocycles. The second-order valence-electron chi connectivity index (χ2n) is 6.14. The van der Waals surface area contributed by atoms with E-state index in [9.17, 15) is 4.79 Å². The summed E-state index contributed by atoms with van der Waals surface area (Å²) in [5.41, 5.74) is 1.83. The number of nitrogens with one attached hydrogen (secondary N) is 1. The van der Waals surface area contributed by atoms with Gasteiger partial charge in [-0.3, -0.25) is 4.79 Å². The normalized spacial score (nSPS) is 10.8. The molecule has 0 fully saturated rings. The second-order valence-corrected chi connectivity index (χ2v) is 7.19. The summed E-state index contributed by atoms with van der Waals surface area (Å²) < 4.78 is 12.4. The largest absolute Gasteiger partial charge is 0.490 e. The molecule has 0 aliphatic heterocycles. The number of aryl methyl sites for hydroxylation is 1. The van der Waals surface area contributed by atoms with Gasteiger partial charge in [-0.1, -0.05) is 31.5 Å². The minimum Gasteiger partial charge on any atom is -0.490 e. The molecule has 1 N–H and O–H groups in total. The van der Waals surface area contributed by atoms with Crippen LogP contribution in [0.3, 0.4) is 0 Å². The molecular weight excluding hydrogens is 358 g/mol. The van der Waals surface area contributed by atoms with E-state index in [4.69, 9.17) is 9.47 Å². The summed E-state index contributed by atoms with van der Waals surface area (Å²) in [5, 5.41) is 4.20. The molecule has 27 heavy (non-hydrogen) atoms. The molecule has 0 radical (unpaired) electrons. The maximum absolute atomic E-state index is 13.0. The van der Waals surface area contributed by atoms with Crippen LogP contribution in [0, 0.1) is 0 Å². The van der Waals surface area contributed by atoms with E-state index in [0.717, 1.165) is 28.0 Å². The first-order chi connectivity index (χ1) is 13.2. The average molecular weight is 384 g/mol. The van der Waals surface area contributed by atoms with Crippen molar-refractivity contribution in [2.45, 2.75) is 33.6 Å². The first-order valence-corrected chi connectivity index (χ1v) is 10.2. The van der Waals surface area contributed by atoms with Crippen LogP contribution < -0.4 is 14.8 Å². The zero-order valence-corrected chi connectivity index (χ0v) is 16.8. The van der Waals surface area contributed by atoms with Gasteiger partial charge in [0.2, 0.25) is 0 Å². The first kappa shape index (κ1) is 19.2. The number of hydrogen-bond donors (Lipinski definition) is 1. The molecule has 0 atom stereocenters. The molecule has 2 aromatic carbocycles. The number of hydrogen-bond acceptors (Lipinski definition) is 4. The van der Waals surface area contributed by atoms with Gasteiger partial charge in [0, 0.05) is 16.5 Å². The van der Waals surface area contributed by atoms with Gasteiger partial charge in [-0.15, -0.1) is 11.3 Å². The molecule has 0 aliphatic rings. The number of amides is 1.